The first kappa shape index (κ1) is 17.0. The fourth-order valence-electron chi connectivity index (χ4n) is 2.76. The van der Waals surface area contributed by atoms with Crippen molar-refractivity contribution in [2.75, 3.05) is 12.4 Å². The predicted molar refractivity (Wildman–Crippen MR) is 98.6 cm³/mol. The van der Waals surface area contributed by atoms with Gasteiger partial charge in [0.2, 0.25) is 5.91 Å². The summed E-state index contributed by atoms with van der Waals surface area (Å²) in [6, 6.07) is 12.6. The Kier molecular flexibility index (Phi) is 4.76. The number of ether oxygens (including phenoxy) is 1. The number of carbonyl (C=O) groups excluding carboxylic acids is 2. The number of hydrogen-bond donors (Lipinski definition) is 1. The molecular formula is C19H17ClN2O3. The fourth-order valence-corrected chi connectivity index (χ4v) is 3.02. The van der Waals surface area contributed by atoms with Gasteiger partial charge in [0.25, 0.3) is 0 Å². The molecule has 25 heavy (non-hydrogen) atoms. The number of para-hydroxylation sites is 1. The molecule has 2 aromatic carbocycles. The third kappa shape index (κ3) is 3.51. The smallest absolute Gasteiger partial charge is 0.244 e. The average Bonchev–Trinajstić information content (AvgIpc) is 2.94. The number of halogens is 1. The molecular weight excluding hydrogens is 340 g/mol. The molecule has 3 rings (SSSR count). The van der Waals surface area contributed by atoms with Gasteiger partial charge in [0, 0.05) is 28.4 Å². The third-order valence-corrected chi connectivity index (χ3v) is 4.21. The number of hydrogen-bond acceptors (Lipinski definition) is 3. The molecule has 1 aromatic heterocycles. The van der Waals surface area contributed by atoms with Crippen molar-refractivity contribution in [2.24, 2.45) is 0 Å². The molecule has 0 atom stereocenters. The summed E-state index contributed by atoms with van der Waals surface area (Å²) in [5.41, 5.74) is 2.03. The van der Waals surface area contributed by atoms with Gasteiger partial charge in [-0.1, -0.05) is 29.8 Å². The van der Waals surface area contributed by atoms with Crippen LogP contribution >= 0.6 is 11.6 Å². The number of nitrogens with one attached hydrogen (secondary N) is 1. The van der Waals surface area contributed by atoms with Gasteiger partial charge in [0.15, 0.2) is 5.78 Å². The number of amides is 1. The second-order valence-corrected chi connectivity index (χ2v) is 6.05. The van der Waals surface area contributed by atoms with E-state index in [1.165, 1.54) is 14.0 Å². The third-order valence-electron chi connectivity index (χ3n) is 3.92. The number of nitrogens with zero attached hydrogens (tertiary/aromatic N) is 1. The molecule has 0 radical (unpaired) electrons. The number of Topliss-reactive ketones (excluding diaryl/α,β-unsaturated/α-hetero) is 1. The standard InChI is InChI=1S/C19H17ClN2O3/c1-12(23)15-10-22(17-6-4-3-5-14(15)17)11-19(24)21-13-7-8-18(25-2)16(20)9-13/h3-10H,11H2,1-2H3,(H,21,24). The lowest BCUT2D eigenvalue weighted by Gasteiger charge is -2.09. The second kappa shape index (κ2) is 6.99. The lowest BCUT2D eigenvalue weighted by Crippen LogP contribution is -2.18. The maximum absolute atomic E-state index is 12.4. The van der Waals surface area contributed by atoms with Crippen LogP contribution in [0.25, 0.3) is 10.9 Å². The minimum absolute atomic E-state index is 0.0303. The fraction of sp³-hybridized carbons (Fsp3) is 0.158. The number of benzene rings is 2. The molecule has 0 aliphatic rings. The van der Waals surface area contributed by atoms with Crippen LogP contribution in [0.4, 0.5) is 5.69 Å². The van der Waals surface area contributed by atoms with Crippen LogP contribution in [0.15, 0.2) is 48.7 Å². The van der Waals surface area contributed by atoms with Crippen molar-refractivity contribution in [1.82, 2.24) is 4.57 Å². The van der Waals surface area contributed by atoms with E-state index in [4.69, 9.17) is 16.3 Å². The molecule has 0 aliphatic carbocycles. The Morgan fingerprint density at radius 3 is 2.64 bits per heavy atom. The summed E-state index contributed by atoms with van der Waals surface area (Å²) >= 11 is 6.07. The molecule has 5 nitrogen and oxygen atoms in total. The highest BCUT2D eigenvalue weighted by Gasteiger charge is 2.14. The Hall–Kier alpha value is -2.79. The maximum Gasteiger partial charge on any atom is 0.244 e. The monoisotopic (exact) mass is 356 g/mol. The van der Waals surface area contributed by atoms with E-state index in [0.29, 0.717) is 22.0 Å². The number of anilines is 1. The van der Waals surface area contributed by atoms with Crippen LogP contribution in [0, 0.1) is 0 Å². The highest BCUT2D eigenvalue weighted by molar-refractivity contribution is 6.32. The van der Waals surface area contributed by atoms with Gasteiger partial charge in [0.05, 0.1) is 12.1 Å². The van der Waals surface area contributed by atoms with Gasteiger partial charge in [0.1, 0.15) is 12.3 Å². The molecule has 0 unspecified atom stereocenters. The highest BCUT2D eigenvalue weighted by atomic mass is 35.5. The quantitative estimate of drug-likeness (QED) is 0.699. The van der Waals surface area contributed by atoms with Crippen LogP contribution in [0.1, 0.15) is 17.3 Å². The Morgan fingerprint density at radius 1 is 1.20 bits per heavy atom. The predicted octanol–water partition coefficient (Wildman–Crippen LogP) is 4.14. The van der Waals surface area contributed by atoms with Crippen LogP contribution < -0.4 is 10.1 Å². The molecule has 0 saturated carbocycles. The minimum atomic E-state index is -0.211. The Morgan fingerprint density at radius 2 is 1.96 bits per heavy atom. The molecule has 1 heterocycles. The van der Waals surface area contributed by atoms with E-state index in [2.05, 4.69) is 5.32 Å². The van der Waals surface area contributed by atoms with Gasteiger partial charge in [-0.25, -0.2) is 0 Å². The van der Waals surface area contributed by atoms with Crippen molar-refractivity contribution in [3.8, 4) is 5.75 Å². The van der Waals surface area contributed by atoms with E-state index in [1.54, 1.807) is 29.0 Å². The van der Waals surface area contributed by atoms with E-state index in [1.807, 2.05) is 24.3 Å². The van der Waals surface area contributed by atoms with Crippen molar-refractivity contribution in [1.29, 1.82) is 0 Å². The van der Waals surface area contributed by atoms with E-state index in [-0.39, 0.29) is 18.2 Å². The van der Waals surface area contributed by atoms with Crippen molar-refractivity contribution in [3.05, 3.63) is 59.2 Å². The molecule has 6 heteroatoms. The first-order chi connectivity index (χ1) is 12.0. The number of aromatic nitrogens is 1. The number of rotatable bonds is 5. The second-order valence-electron chi connectivity index (χ2n) is 5.64. The molecule has 0 fully saturated rings. The van der Waals surface area contributed by atoms with Crippen LogP contribution in [0.2, 0.25) is 5.02 Å². The molecule has 1 N–H and O–H groups in total. The zero-order valence-corrected chi connectivity index (χ0v) is 14.6. The van der Waals surface area contributed by atoms with Gasteiger partial charge in [-0.3, -0.25) is 9.59 Å². The largest absolute Gasteiger partial charge is 0.495 e. The lowest BCUT2D eigenvalue weighted by molar-refractivity contribution is -0.116. The molecule has 128 valence electrons. The summed E-state index contributed by atoms with van der Waals surface area (Å²) in [5.74, 6) is 0.302. The summed E-state index contributed by atoms with van der Waals surface area (Å²) in [4.78, 5) is 24.2. The van der Waals surface area contributed by atoms with Crippen LogP contribution in [0.3, 0.4) is 0 Å². The number of methoxy groups -OCH3 is 1. The van der Waals surface area contributed by atoms with Gasteiger partial charge < -0.3 is 14.6 Å². The van der Waals surface area contributed by atoms with Crippen LogP contribution in [0.5, 0.6) is 5.75 Å². The molecule has 3 aromatic rings. The summed E-state index contributed by atoms with van der Waals surface area (Å²) in [5, 5.41) is 4.07. The Labute approximate surface area is 150 Å². The van der Waals surface area contributed by atoms with Crippen molar-refractivity contribution in [3.63, 3.8) is 0 Å². The van der Waals surface area contributed by atoms with E-state index < -0.39 is 0 Å². The van der Waals surface area contributed by atoms with Gasteiger partial charge in [-0.2, -0.15) is 0 Å². The molecule has 0 aliphatic heterocycles. The average molecular weight is 357 g/mol. The molecule has 0 saturated heterocycles. The topological polar surface area (TPSA) is 60.3 Å². The number of carbonyl (C=O) groups is 2. The van der Waals surface area contributed by atoms with E-state index in [9.17, 15) is 9.59 Å². The number of ketones is 1. The first-order valence-corrected chi connectivity index (χ1v) is 8.09. The zero-order valence-electron chi connectivity index (χ0n) is 13.9. The Bertz CT molecular complexity index is 962. The summed E-state index contributed by atoms with van der Waals surface area (Å²) in [7, 11) is 1.53. The van der Waals surface area contributed by atoms with Crippen LogP contribution in [-0.4, -0.2) is 23.4 Å². The summed E-state index contributed by atoms with van der Waals surface area (Å²) < 4.78 is 6.86. The van der Waals surface area contributed by atoms with Crippen LogP contribution in [-0.2, 0) is 11.3 Å². The minimum Gasteiger partial charge on any atom is -0.495 e. The van der Waals surface area contributed by atoms with Gasteiger partial charge in [-0.15, -0.1) is 0 Å². The van der Waals surface area contributed by atoms with Gasteiger partial charge in [-0.05, 0) is 31.2 Å². The highest BCUT2D eigenvalue weighted by Crippen LogP contribution is 2.27. The Balaban J connectivity index is 1.83. The SMILES string of the molecule is COc1ccc(NC(=O)Cn2cc(C(C)=O)c3ccccc32)cc1Cl. The van der Waals surface area contributed by atoms with Gasteiger partial charge >= 0.3 is 0 Å². The molecule has 0 spiro atoms. The maximum atomic E-state index is 12.4. The molecule has 1 amide bonds. The lowest BCUT2D eigenvalue weighted by atomic mass is 10.1. The summed E-state index contributed by atoms with van der Waals surface area (Å²) in [6.07, 6.45) is 1.72. The number of fused-ring (bicyclic) bond motifs is 1. The van der Waals surface area contributed by atoms with Crippen molar-refractivity contribution < 1.29 is 14.3 Å². The normalized spacial score (nSPS) is 10.7. The summed E-state index contributed by atoms with van der Waals surface area (Å²) in [6.45, 7) is 1.61. The van der Waals surface area contributed by atoms with E-state index in [0.717, 1.165) is 10.9 Å². The first-order valence-electron chi connectivity index (χ1n) is 7.72. The van der Waals surface area contributed by atoms with E-state index >= 15 is 0 Å². The zero-order chi connectivity index (χ0) is 18.0. The van der Waals surface area contributed by atoms with Crippen molar-refractivity contribution >= 4 is 39.9 Å². The van der Waals surface area contributed by atoms with Crippen molar-refractivity contribution in [2.45, 2.75) is 13.5 Å². The molecule has 0 bridgehead atoms.